The van der Waals surface area contributed by atoms with E-state index in [1.54, 1.807) is 6.07 Å². The van der Waals surface area contributed by atoms with Gasteiger partial charge in [-0.3, -0.25) is 9.69 Å². The van der Waals surface area contributed by atoms with Crippen molar-refractivity contribution in [3.63, 3.8) is 0 Å². The van der Waals surface area contributed by atoms with Crippen LogP contribution in [0.4, 0.5) is 13.2 Å². The van der Waals surface area contributed by atoms with E-state index in [0.29, 0.717) is 19.7 Å². The van der Waals surface area contributed by atoms with Gasteiger partial charge >= 0.3 is 6.18 Å². The lowest BCUT2D eigenvalue weighted by Gasteiger charge is -2.32. The fourth-order valence-corrected chi connectivity index (χ4v) is 2.38. The monoisotopic (exact) mass is 316 g/mol. The summed E-state index contributed by atoms with van der Waals surface area (Å²) in [5, 5.41) is 2.07. The third-order valence-electron chi connectivity index (χ3n) is 3.64. The first-order valence-electron chi connectivity index (χ1n) is 7.17. The van der Waals surface area contributed by atoms with Gasteiger partial charge in [0.2, 0.25) is 0 Å². The number of amides is 1. The van der Waals surface area contributed by atoms with E-state index in [0.717, 1.165) is 6.54 Å². The van der Waals surface area contributed by atoms with Crippen LogP contribution in [0, 0.1) is 0 Å². The summed E-state index contributed by atoms with van der Waals surface area (Å²) in [6.07, 6.45) is -5.43. The van der Waals surface area contributed by atoms with Gasteiger partial charge in [-0.2, -0.15) is 13.2 Å². The molecule has 1 saturated heterocycles. The Labute approximate surface area is 127 Å². The molecule has 4 nitrogen and oxygen atoms in total. The molecule has 1 aliphatic heterocycles. The Morgan fingerprint density at radius 1 is 1.41 bits per heavy atom. The lowest BCUT2D eigenvalue weighted by atomic mass is 10.1. The summed E-state index contributed by atoms with van der Waals surface area (Å²) in [6.45, 7) is 3.99. The van der Waals surface area contributed by atoms with Crippen LogP contribution in [0.2, 0.25) is 0 Å². The zero-order valence-electron chi connectivity index (χ0n) is 12.3. The maximum Gasteiger partial charge on any atom is 0.412 e. The molecular weight excluding hydrogens is 297 g/mol. The Hall–Kier alpha value is -1.60. The van der Waals surface area contributed by atoms with Gasteiger partial charge in [-0.1, -0.05) is 37.3 Å². The first-order valence-corrected chi connectivity index (χ1v) is 7.17. The molecule has 1 aromatic rings. The molecule has 0 spiro atoms. The van der Waals surface area contributed by atoms with Gasteiger partial charge < -0.3 is 10.1 Å². The summed E-state index contributed by atoms with van der Waals surface area (Å²) in [4.78, 5) is 14.1. The minimum absolute atomic E-state index is 0.00603. The number of likely N-dealkylation sites (N-methyl/N-ethyl adjacent to an activating group) is 1. The number of nitrogens with zero attached hydrogens (tertiary/aromatic N) is 1. The van der Waals surface area contributed by atoms with Gasteiger partial charge in [-0.05, 0) is 12.1 Å². The molecule has 2 atom stereocenters. The van der Waals surface area contributed by atoms with Crippen molar-refractivity contribution in [2.75, 3.05) is 26.2 Å². The second kappa shape index (κ2) is 7.11. The van der Waals surface area contributed by atoms with Crippen LogP contribution in [0.5, 0.6) is 0 Å². The van der Waals surface area contributed by atoms with E-state index in [4.69, 9.17) is 4.74 Å². The average Bonchev–Trinajstić information content (AvgIpc) is 2.52. The van der Waals surface area contributed by atoms with Gasteiger partial charge in [-0.25, -0.2) is 0 Å². The number of alkyl halides is 3. The molecule has 1 aromatic carbocycles. The van der Waals surface area contributed by atoms with Crippen LogP contribution in [0.25, 0.3) is 0 Å². The SMILES string of the molecule is CCN1CCO[C@H](C(=O)N[C@@H](c2ccccc2)C(F)(F)F)C1. The molecule has 1 heterocycles. The van der Waals surface area contributed by atoms with Crippen molar-refractivity contribution in [1.29, 1.82) is 0 Å². The Bertz CT molecular complexity index is 493. The second-order valence-corrected chi connectivity index (χ2v) is 5.15. The zero-order valence-corrected chi connectivity index (χ0v) is 12.3. The zero-order chi connectivity index (χ0) is 16.2. The van der Waals surface area contributed by atoms with Crippen LogP contribution in [-0.2, 0) is 9.53 Å². The lowest BCUT2D eigenvalue weighted by Crippen LogP contribution is -2.51. The highest BCUT2D eigenvalue weighted by atomic mass is 19.4. The molecular formula is C15H19F3N2O2. The third kappa shape index (κ3) is 4.20. The fraction of sp³-hybridized carbons (Fsp3) is 0.533. The third-order valence-corrected chi connectivity index (χ3v) is 3.64. The van der Waals surface area contributed by atoms with Gasteiger partial charge in [0.05, 0.1) is 6.61 Å². The molecule has 0 radical (unpaired) electrons. The molecule has 1 aliphatic rings. The molecule has 0 saturated carbocycles. The van der Waals surface area contributed by atoms with Crippen molar-refractivity contribution < 1.29 is 22.7 Å². The summed E-state index contributed by atoms with van der Waals surface area (Å²) < 4.78 is 44.9. The molecule has 122 valence electrons. The number of carbonyl (C=O) groups excluding carboxylic acids is 1. The molecule has 7 heteroatoms. The minimum atomic E-state index is -4.56. The summed E-state index contributed by atoms with van der Waals surface area (Å²) in [5.74, 6) is -0.732. The quantitative estimate of drug-likeness (QED) is 0.925. The summed E-state index contributed by atoms with van der Waals surface area (Å²) in [7, 11) is 0. The molecule has 0 aliphatic carbocycles. The van der Waals surface area contributed by atoms with Gasteiger partial charge in [0.25, 0.3) is 5.91 Å². The van der Waals surface area contributed by atoms with E-state index < -0.39 is 24.2 Å². The Morgan fingerprint density at radius 3 is 2.68 bits per heavy atom. The largest absolute Gasteiger partial charge is 0.412 e. The number of halogens is 3. The van der Waals surface area contributed by atoms with E-state index in [1.165, 1.54) is 24.3 Å². The first kappa shape index (κ1) is 16.8. The molecule has 1 amide bonds. The normalized spacial score (nSPS) is 21.4. The average molecular weight is 316 g/mol. The summed E-state index contributed by atoms with van der Waals surface area (Å²) >= 11 is 0. The molecule has 2 rings (SSSR count). The highest BCUT2D eigenvalue weighted by Crippen LogP contribution is 2.32. The standard InChI is InChI=1S/C15H19F3N2O2/c1-2-20-8-9-22-12(10-20)14(21)19-13(15(16,17)18)11-6-4-3-5-7-11/h3-7,12-13H,2,8-10H2,1H3,(H,19,21)/t12-,13-/m0/s1. The highest BCUT2D eigenvalue weighted by molar-refractivity contribution is 5.81. The van der Waals surface area contributed by atoms with Crippen molar-refractivity contribution in [2.45, 2.75) is 25.2 Å². The van der Waals surface area contributed by atoms with Crippen LogP contribution in [0.15, 0.2) is 30.3 Å². The number of nitrogens with one attached hydrogen (secondary N) is 1. The minimum Gasteiger partial charge on any atom is -0.366 e. The van der Waals surface area contributed by atoms with Crippen molar-refractivity contribution >= 4 is 5.91 Å². The van der Waals surface area contributed by atoms with E-state index in [2.05, 4.69) is 5.32 Å². The van der Waals surface area contributed by atoms with Crippen molar-refractivity contribution in [3.8, 4) is 0 Å². The van der Waals surface area contributed by atoms with Crippen LogP contribution < -0.4 is 5.32 Å². The fourth-order valence-electron chi connectivity index (χ4n) is 2.38. The molecule has 0 unspecified atom stereocenters. The maximum atomic E-state index is 13.2. The van der Waals surface area contributed by atoms with Crippen LogP contribution >= 0.6 is 0 Å². The predicted octanol–water partition coefficient (Wildman–Crippen LogP) is 2.13. The number of rotatable bonds is 4. The smallest absolute Gasteiger partial charge is 0.366 e. The molecule has 1 N–H and O–H groups in total. The van der Waals surface area contributed by atoms with Crippen LogP contribution in [0.1, 0.15) is 18.5 Å². The van der Waals surface area contributed by atoms with Gasteiger partial charge in [0.15, 0.2) is 6.04 Å². The van der Waals surface area contributed by atoms with E-state index in [9.17, 15) is 18.0 Å². The van der Waals surface area contributed by atoms with E-state index in [1.807, 2.05) is 11.8 Å². The lowest BCUT2D eigenvalue weighted by molar-refractivity contribution is -0.168. The molecule has 1 fully saturated rings. The summed E-state index contributed by atoms with van der Waals surface area (Å²) in [5.41, 5.74) is 0.00603. The van der Waals surface area contributed by atoms with Crippen LogP contribution in [0.3, 0.4) is 0 Å². The number of hydrogen-bond donors (Lipinski definition) is 1. The van der Waals surface area contributed by atoms with Gasteiger partial charge in [0.1, 0.15) is 6.10 Å². The van der Waals surface area contributed by atoms with Crippen molar-refractivity contribution in [3.05, 3.63) is 35.9 Å². The topological polar surface area (TPSA) is 41.6 Å². The van der Waals surface area contributed by atoms with E-state index >= 15 is 0 Å². The van der Waals surface area contributed by atoms with Crippen molar-refractivity contribution in [2.24, 2.45) is 0 Å². The Kier molecular flexibility index (Phi) is 5.42. The molecule has 0 aromatic heterocycles. The Balaban J connectivity index is 2.09. The Morgan fingerprint density at radius 2 is 2.09 bits per heavy atom. The number of carbonyl (C=O) groups is 1. The maximum absolute atomic E-state index is 13.2. The van der Waals surface area contributed by atoms with Gasteiger partial charge in [-0.15, -0.1) is 0 Å². The molecule has 0 bridgehead atoms. The number of benzene rings is 1. The predicted molar refractivity (Wildman–Crippen MR) is 75.2 cm³/mol. The highest BCUT2D eigenvalue weighted by Gasteiger charge is 2.43. The first-order chi connectivity index (χ1) is 10.4. The number of ether oxygens (including phenoxy) is 1. The number of hydrogen-bond acceptors (Lipinski definition) is 3. The second-order valence-electron chi connectivity index (χ2n) is 5.15. The van der Waals surface area contributed by atoms with Crippen molar-refractivity contribution in [1.82, 2.24) is 10.2 Å². The summed E-state index contributed by atoms with van der Waals surface area (Å²) in [6, 6.07) is 5.31. The van der Waals surface area contributed by atoms with E-state index in [-0.39, 0.29) is 5.56 Å². The number of morpholine rings is 1. The van der Waals surface area contributed by atoms with Crippen LogP contribution in [-0.4, -0.2) is 49.3 Å². The molecule has 22 heavy (non-hydrogen) atoms. The van der Waals surface area contributed by atoms with Gasteiger partial charge in [0, 0.05) is 13.1 Å².